The van der Waals surface area contributed by atoms with Crippen molar-refractivity contribution in [2.75, 3.05) is 0 Å². The lowest BCUT2D eigenvalue weighted by Gasteiger charge is -2.17. The zero-order valence-corrected chi connectivity index (χ0v) is 13.1. The predicted molar refractivity (Wildman–Crippen MR) is 88.4 cm³/mol. The van der Waals surface area contributed by atoms with Gasteiger partial charge in [0.15, 0.2) is 0 Å². The van der Waals surface area contributed by atoms with Crippen LogP contribution < -0.4 is 5.73 Å². The number of aryl methyl sites for hydroxylation is 2. The van der Waals surface area contributed by atoms with Gasteiger partial charge in [0.2, 0.25) is 0 Å². The Bertz CT molecular complexity index is 728. The molecule has 0 aliphatic heterocycles. The van der Waals surface area contributed by atoms with Crippen LogP contribution >= 0.6 is 11.3 Å². The summed E-state index contributed by atoms with van der Waals surface area (Å²) in [5.41, 5.74) is 10.1. The Morgan fingerprint density at radius 2 is 2.14 bits per heavy atom. The Balaban J connectivity index is 1.85. The molecule has 2 N–H and O–H groups in total. The lowest BCUT2D eigenvalue weighted by atomic mass is 10.00. The fourth-order valence-electron chi connectivity index (χ4n) is 2.64. The van der Waals surface area contributed by atoms with E-state index in [9.17, 15) is 0 Å². The molecule has 0 amide bonds. The number of hydrogen-bond donors (Lipinski definition) is 1. The molecule has 0 radical (unpaired) electrons. The van der Waals surface area contributed by atoms with Gasteiger partial charge in [-0.2, -0.15) is 0 Å². The van der Waals surface area contributed by atoms with Gasteiger partial charge in [-0.3, -0.25) is 0 Å². The fourth-order valence-corrected chi connectivity index (χ4v) is 3.38. The van der Waals surface area contributed by atoms with Crippen LogP contribution in [0.3, 0.4) is 0 Å². The van der Waals surface area contributed by atoms with Gasteiger partial charge >= 0.3 is 0 Å². The largest absolute Gasteiger partial charge is 0.328 e. The normalized spacial score (nSPS) is 12.5. The SMILES string of the molecule is Cc1ccc(C(N)Cn2ccnc2-c2cccs2)c(C)c1. The first-order valence-corrected chi connectivity index (χ1v) is 7.91. The Kier molecular flexibility index (Phi) is 3.90. The molecule has 2 heterocycles. The molecule has 3 aromatic rings. The highest BCUT2D eigenvalue weighted by atomic mass is 32.1. The average molecular weight is 297 g/mol. The molecule has 21 heavy (non-hydrogen) atoms. The standard InChI is InChI=1S/C17H19N3S/c1-12-5-6-14(13(2)10-12)15(18)11-20-8-7-19-17(20)16-4-3-9-21-16/h3-10,15H,11,18H2,1-2H3. The summed E-state index contributed by atoms with van der Waals surface area (Å²) in [7, 11) is 0. The summed E-state index contributed by atoms with van der Waals surface area (Å²) in [6.45, 7) is 4.96. The lowest BCUT2D eigenvalue weighted by molar-refractivity contribution is 0.579. The maximum atomic E-state index is 6.41. The van der Waals surface area contributed by atoms with E-state index in [0.717, 1.165) is 12.4 Å². The second-order valence-electron chi connectivity index (χ2n) is 5.35. The average Bonchev–Trinajstić information content (AvgIpc) is 3.08. The third-order valence-electron chi connectivity index (χ3n) is 3.68. The topological polar surface area (TPSA) is 43.8 Å². The number of hydrogen-bond acceptors (Lipinski definition) is 3. The van der Waals surface area contributed by atoms with Crippen LogP contribution in [-0.4, -0.2) is 9.55 Å². The van der Waals surface area contributed by atoms with Crippen molar-refractivity contribution in [2.45, 2.75) is 26.4 Å². The minimum Gasteiger partial charge on any atom is -0.328 e. The first-order chi connectivity index (χ1) is 10.1. The fraction of sp³-hybridized carbons (Fsp3) is 0.235. The molecular weight excluding hydrogens is 278 g/mol. The summed E-state index contributed by atoms with van der Waals surface area (Å²) >= 11 is 1.70. The van der Waals surface area contributed by atoms with E-state index in [-0.39, 0.29) is 6.04 Å². The molecule has 3 rings (SSSR count). The van der Waals surface area contributed by atoms with E-state index in [2.05, 4.69) is 53.0 Å². The van der Waals surface area contributed by atoms with Crippen molar-refractivity contribution < 1.29 is 0 Å². The predicted octanol–water partition coefficient (Wildman–Crippen LogP) is 3.93. The zero-order chi connectivity index (χ0) is 14.8. The van der Waals surface area contributed by atoms with Crippen LogP contribution in [-0.2, 0) is 6.54 Å². The second kappa shape index (κ2) is 5.84. The molecular formula is C17H19N3S. The van der Waals surface area contributed by atoms with E-state index in [1.165, 1.54) is 21.6 Å². The maximum absolute atomic E-state index is 6.41. The summed E-state index contributed by atoms with van der Waals surface area (Å²) in [4.78, 5) is 5.63. The molecule has 0 bridgehead atoms. The van der Waals surface area contributed by atoms with E-state index in [4.69, 9.17) is 5.73 Å². The Labute approximate surface area is 129 Å². The molecule has 0 fully saturated rings. The van der Waals surface area contributed by atoms with Gasteiger partial charge in [0, 0.05) is 25.0 Å². The van der Waals surface area contributed by atoms with Gasteiger partial charge in [0.25, 0.3) is 0 Å². The summed E-state index contributed by atoms with van der Waals surface area (Å²) in [5.74, 6) is 0.991. The number of imidazole rings is 1. The Hall–Kier alpha value is -1.91. The van der Waals surface area contributed by atoms with Crippen molar-refractivity contribution in [3.8, 4) is 10.7 Å². The van der Waals surface area contributed by atoms with Gasteiger partial charge in [-0.1, -0.05) is 29.8 Å². The van der Waals surface area contributed by atoms with Crippen molar-refractivity contribution in [3.63, 3.8) is 0 Å². The number of nitrogens with zero attached hydrogens (tertiary/aromatic N) is 2. The summed E-state index contributed by atoms with van der Waals surface area (Å²) in [5, 5.41) is 2.07. The molecule has 0 aliphatic rings. The molecule has 3 nitrogen and oxygen atoms in total. The second-order valence-corrected chi connectivity index (χ2v) is 6.29. The Morgan fingerprint density at radius 3 is 2.86 bits per heavy atom. The molecule has 1 unspecified atom stereocenters. The quantitative estimate of drug-likeness (QED) is 0.793. The van der Waals surface area contributed by atoms with Gasteiger partial charge in [0.1, 0.15) is 5.82 Å². The first kappa shape index (κ1) is 14.0. The van der Waals surface area contributed by atoms with Crippen molar-refractivity contribution in [2.24, 2.45) is 5.73 Å². The van der Waals surface area contributed by atoms with E-state index in [0.29, 0.717) is 0 Å². The minimum atomic E-state index is -0.0292. The molecule has 1 aromatic carbocycles. The number of nitrogens with two attached hydrogens (primary N) is 1. The highest BCUT2D eigenvalue weighted by Crippen LogP contribution is 2.25. The number of thiophene rings is 1. The van der Waals surface area contributed by atoms with Crippen LogP contribution in [0.4, 0.5) is 0 Å². The molecule has 4 heteroatoms. The first-order valence-electron chi connectivity index (χ1n) is 7.03. The molecule has 0 saturated carbocycles. The molecule has 0 spiro atoms. The van der Waals surface area contributed by atoms with Crippen LogP contribution in [0, 0.1) is 13.8 Å². The highest BCUT2D eigenvalue weighted by Gasteiger charge is 2.13. The van der Waals surface area contributed by atoms with Crippen molar-refractivity contribution in [3.05, 3.63) is 64.8 Å². The smallest absolute Gasteiger partial charge is 0.150 e. The third kappa shape index (κ3) is 2.91. The van der Waals surface area contributed by atoms with E-state index < -0.39 is 0 Å². The van der Waals surface area contributed by atoms with Crippen LogP contribution in [0.2, 0.25) is 0 Å². The van der Waals surface area contributed by atoms with Crippen molar-refractivity contribution in [1.29, 1.82) is 0 Å². The van der Waals surface area contributed by atoms with Crippen molar-refractivity contribution >= 4 is 11.3 Å². The Morgan fingerprint density at radius 1 is 1.29 bits per heavy atom. The van der Waals surface area contributed by atoms with Gasteiger partial charge in [-0.25, -0.2) is 4.98 Å². The molecule has 1 atom stereocenters. The highest BCUT2D eigenvalue weighted by molar-refractivity contribution is 7.13. The van der Waals surface area contributed by atoms with Gasteiger partial charge in [0.05, 0.1) is 4.88 Å². The lowest BCUT2D eigenvalue weighted by Crippen LogP contribution is -2.18. The molecule has 2 aromatic heterocycles. The molecule has 0 saturated heterocycles. The summed E-state index contributed by atoms with van der Waals surface area (Å²) in [6.07, 6.45) is 3.84. The maximum Gasteiger partial charge on any atom is 0.150 e. The van der Waals surface area contributed by atoms with Gasteiger partial charge in [-0.15, -0.1) is 11.3 Å². The molecule has 0 aliphatic carbocycles. The molecule has 108 valence electrons. The minimum absolute atomic E-state index is 0.0292. The van der Waals surface area contributed by atoms with Crippen LogP contribution in [0.25, 0.3) is 10.7 Å². The summed E-state index contributed by atoms with van der Waals surface area (Å²) < 4.78 is 2.13. The van der Waals surface area contributed by atoms with Gasteiger partial charge in [-0.05, 0) is 36.4 Å². The van der Waals surface area contributed by atoms with Crippen LogP contribution in [0.5, 0.6) is 0 Å². The number of rotatable bonds is 4. The zero-order valence-electron chi connectivity index (χ0n) is 12.3. The van der Waals surface area contributed by atoms with Crippen LogP contribution in [0.15, 0.2) is 48.1 Å². The number of aromatic nitrogens is 2. The monoisotopic (exact) mass is 297 g/mol. The third-order valence-corrected chi connectivity index (χ3v) is 4.54. The van der Waals surface area contributed by atoms with E-state index in [1.54, 1.807) is 11.3 Å². The van der Waals surface area contributed by atoms with E-state index in [1.807, 2.05) is 18.5 Å². The van der Waals surface area contributed by atoms with Crippen LogP contribution in [0.1, 0.15) is 22.7 Å². The van der Waals surface area contributed by atoms with E-state index >= 15 is 0 Å². The van der Waals surface area contributed by atoms with Gasteiger partial charge < -0.3 is 10.3 Å². The summed E-state index contributed by atoms with van der Waals surface area (Å²) in [6, 6.07) is 10.5. The van der Waals surface area contributed by atoms with Crippen molar-refractivity contribution in [1.82, 2.24) is 9.55 Å². The number of benzene rings is 1.